The average Bonchev–Trinajstić information content (AvgIpc) is 3.07. The Kier molecular flexibility index (Phi) is 3.65. The Labute approximate surface area is 120 Å². The van der Waals surface area contributed by atoms with Crippen LogP contribution in [0.5, 0.6) is 0 Å². The third-order valence-corrected chi connectivity index (χ3v) is 5.44. The third-order valence-electron chi connectivity index (χ3n) is 3.27. The van der Waals surface area contributed by atoms with Crippen molar-refractivity contribution in [2.45, 2.75) is 19.8 Å². The molecule has 1 unspecified atom stereocenters. The number of nitrogens with zero attached hydrogens (tertiary/aromatic N) is 4. The third kappa shape index (κ3) is 2.71. The summed E-state index contributed by atoms with van der Waals surface area (Å²) < 4.78 is 0. The molecule has 1 atom stereocenters. The van der Waals surface area contributed by atoms with E-state index in [4.69, 9.17) is 0 Å². The predicted molar refractivity (Wildman–Crippen MR) is 81.2 cm³/mol. The van der Waals surface area contributed by atoms with E-state index in [-0.39, 0.29) is 0 Å². The maximum absolute atomic E-state index is 4.55. The van der Waals surface area contributed by atoms with E-state index in [0.29, 0.717) is 0 Å². The molecule has 0 aromatic carbocycles. The summed E-state index contributed by atoms with van der Waals surface area (Å²) in [4.78, 5) is 8.04. The molecule has 0 radical (unpaired) electrons. The molecule has 3 heterocycles. The van der Waals surface area contributed by atoms with Crippen molar-refractivity contribution in [2.75, 3.05) is 30.4 Å². The zero-order valence-corrected chi connectivity index (χ0v) is 12.7. The standard InChI is InChI=1S/C12H17N5S2/c1-8-4-3-5-17(7-8)12-14-6-9(18-12)10-15-16-11(13-2)19-10/h6,8H,3-5,7H2,1-2H3,(H,13,16). The number of nitrogens with one attached hydrogen (secondary N) is 1. The largest absolute Gasteiger partial charge is 0.363 e. The molecule has 102 valence electrons. The van der Waals surface area contributed by atoms with Gasteiger partial charge in [-0.25, -0.2) is 4.98 Å². The van der Waals surface area contributed by atoms with E-state index in [0.717, 1.165) is 39.2 Å². The van der Waals surface area contributed by atoms with E-state index in [1.165, 1.54) is 12.8 Å². The van der Waals surface area contributed by atoms with Crippen molar-refractivity contribution in [3.63, 3.8) is 0 Å². The molecule has 1 saturated heterocycles. The quantitative estimate of drug-likeness (QED) is 0.943. The first kappa shape index (κ1) is 12.8. The lowest BCUT2D eigenvalue weighted by atomic mass is 10.0. The summed E-state index contributed by atoms with van der Waals surface area (Å²) in [6, 6.07) is 0. The van der Waals surface area contributed by atoms with Gasteiger partial charge < -0.3 is 10.2 Å². The number of hydrogen-bond donors (Lipinski definition) is 1. The molecule has 0 amide bonds. The van der Waals surface area contributed by atoms with Gasteiger partial charge in [0.15, 0.2) is 10.1 Å². The van der Waals surface area contributed by atoms with Crippen molar-refractivity contribution < 1.29 is 0 Å². The van der Waals surface area contributed by atoms with Gasteiger partial charge in [0, 0.05) is 20.1 Å². The molecule has 3 rings (SSSR count). The van der Waals surface area contributed by atoms with Gasteiger partial charge in [-0.2, -0.15) is 0 Å². The fraction of sp³-hybridized carbons (Fsp3) is 0.583. The van der Waals surface area contributed by atoms with Crippen LogP contribution in [-0.2, 0) is 0 Å². The van der Waals surface area contributed by atoms with Crippen molar-refractivity contribution >= 4 is 32.9 Å². The molecule has 2 aromatic heterocycles. The van der Waals surface area contributed by atoms with Gasteiger partial charge >= 0.3 is 0 Å². The summed E-state index contributed by atoms with van der Waals surface area (Å²) in [5, 5.41) is 14.2. The molecule has 5 nitrogen and oxygen atoms in total. The minimum atomic E-state index is 0.763. The van der Waals surface area contributed by atoms with Gasteiger partial charge in [0.25, 0.3) is 0 Å². The van der Waals surface area contributed by atoms with Crippen LogP contribution in [0.25, 0.3) is 9.88 Å². The zero-order chi connectivity index (χ0) is 13.2. The van der Waals surface area contributed by atoms with Gasteiger partial charge in [0.2, 0.25) is 5.13 Å². The van der Waals surface area contributed by atoms with Gasteiger partial charge in [-0.05, 0) is 18.8 Å². The Morgan fingerprint density at radius 2 is 2.26 bits per heavy atom. The summed E-state index contributed by atoms with van der Waals surface area (Å²) in [6.45, 7) is 4.55. The lowest BCUT2D eigenvalue weighted by Gasteiger charge is -2.30. The number of thiazole rings is 1. The van der Waals surface area contributed by atoms with E-state index in [1.54, 1.807) is 22.7 Å². The van der Waals surface area contributed by atoms with Crippen LogP contribution in [0, 0.1) is 5.92 Å². The Hall–Kier alpha value is -1.21. The minimum absolute atomic E-state index is 0.763. The van der Waals surface area contributed by atoms with Crippen LogP contribution in [0.1, 0.15) is 19.8 Å². The van der Waals surface area contributed by atoms with Crippen molar-refractivity contribution in [3.8, 4) is 9.88 Å². The molecule has 1 N–H and O–H groups in total. The predicted octanol–water partition coefficient (Wildman–Crippen LogP) is 2.94. The van der Waals surface area contributed by atoms with Crippen LogP contribution in [0.2, 0.25) is 0 Å². The Morgan fingerprint density at radius 3 is 3.00 bits per heavy atom. The van der Waals surface area contributed by atoms with Crippen LogP contribution in [0.4, 0.5) is 10.3 Å². The molecule has 1 fully saturated rings. The second-order valence-electron chi connectivity index (χ2n) is 4.86. The van der Waals surface area contributed by atoms with Gasteiger partial charge in [-0.15, -0.1) is 10.2 Å². The van der Waals surface area contributed by atoms with E-state index in [9.17, 15) is 0 Å². The molecule has 0 bridgehead atoms. The van der Waals surface area contributed by atoms with E-state index < -0.39 is 0 Å². The maximum Gasteiger partial charge on any atom is 0.205 e. The van der Waals surface area contributed by atoms with Crippen molar-refractivity contribution in [1.29, 1.82) is 0 Å². The van der Waals surface area contributed by atoms with Crippen LogP contribution in [0.3, 0.4) is 0 Å². The van der Waals surface area contributed by atoms with Gasteiger partial charge in [0.05, 0.1) is 11.1 Å². The summed E-state index contributed by atoms with van der Waals surface area (Å²) in [7, 11) is 1.86. The monoisotopic (exact) mass is 295 g/mol. The molecule has 0 saturated carbocycles. The molecule has 19 heavy (non-hydrogen) atoms. The topological polar surface area (TPSA) is 53.9 Å². The maximum atomic E-state index is 4.55. The number of rotatable bonds is 3. The van der Waals surface area contributed by atoms with Crippen LogP contribution in [0.15, 0.2) is 6.20 Å². The Morgan fingerprint density at radius 1 is 1.37 bits per heavy atom. The lowest BCUT2D eigenvalue weighted by Crippen LogP contribution is -2.34. The van der Waals surface area contributed by atoms with Crippen molar-refractivity contribution in [1.82, 2.24) is 15.2 Å². The Bertz CT molecular complexity index is 550. The molecule has 0 aliphatic carbocycles. The summed E-state index contributed by atoms with van der Waals surface area (Å²) in [5.41, 5.74) is 0. The minimum Gasteiger partial charge on any atom is -0.363 e. The zero-order valence-electron chi connectivity index (χ0n) is 11.1. The first-order chi connectivity index (χ1) is 9.26. The van der Waals surface area contributed by atoms with E-state index in [1.807, 2.05) is 13.2 Å². The molecule has 0 spiro atoms. The first-order valence-corrected chi connectivity index (χ1v) is 8.12. The normalized spacial score (nSPS) is 19.7. The van der Waals surface area contributed by atoms with Crippen LogP contribution < -0.4 is 10.2 Å². The summed E-state index contributed by atoms with van der Waals surface area (Å²) in [5.74, 6) is 0.763. The van der Waals surface area contributed by atoms with Gasteiger partial charge in [-0.3, -0.25) is 0 Å². The molecule has 7 heteroatoms. The molecule has 1 aliphatic heterocycles. The Balaban J connectivity index is 1.78. The highest BCUT2D eigenvalue weighted by molar-refractivity contribution is 7.25. The number of piperidine rings is 1. The fourth-order valence-electron chi connectivity index (χ4n) is 2.30. The van der Waals surface area contributed by atoms with Crippen LogP contribution in [-0.4, -0.2) is 35.3 Å². The number of anilines is 2. The second kappa shape index (κ2) is 5.42. The number of hydrogen-bond acceptors (Lipinski definition) is 7. The van der Waals surface area contributed by atoms with E-state index in [2.05, 4.69) is 32.3 Å². The van der Waals surface area contributed by atoms with Gasteiger partial charge in [0.1, 0.15) is 0 Å². The highest BCUT2D eigenvalue weighted by Gasteiger charge is 2.20. The first-order valence-electron chi connectivity index (χ1n) is 6.48. The average molecular weight is 295 g/mol. The van der Waals surface area contributed by atoms with E-state index >= 15 is 0 Å². The SMILES string of the molecule is CNc1nnc(-c2cnc(N3CCCC(C)C3)s2)s1. The van der Waals surface area contributed by atoms with Gasteiger partial charge in [-0.1, -0.05) is 29.6 Å². The van der Waals surface area contributed by atoms with Crippen molar-refractivity contribution in [2.24, 2.45) is 5.92 Å². The molecular weight excluding hydrogens is 278 g/mol. The number of aromatic nitrogens is 3. The highest BCUT2D eigenvalue weighted by atomic mass is 32.1. The smallest absolute Gasteiger partial charge is 0.205 e. The van der Waals surface area contributed by atoms with Crippen molar-refractivity contribution in [3.05, 3.63) is 6.20 Å². The fourth-order valence-corrected chi connectivity index (χ4v) is 3.98. The highest BCUT2D eigenvalue weighted by Crippen LogP contribution is 2.35. The molecule has 1 aliphatic rings. The molecular formula is C12H17N5S2. The summed E-state index contributed by atoms with van der Waals surface area (Å²) in [6.07, 6.45) is 4.51. The molecule has 2 aromatic rings. The lowest BCUT2D eigenvalue weighted by molar-refractivity contribution is 0.446. The summed E-state index contributed by atoms with van der Waals surface area (Å²) >= 11 is 3.28. The second-order valence-corrected chi connectivity index (χ2v) is 6.85. The van der Waals surface area contributed by atoms with Crippen LogP contribution >= 0.6 is 22.7 Å².